The van der Waals surface area contributed by atoms with E-state index in [0.29, 0.717) is 12.2 Å². The molecule has 2 N–H and O–H groups in total. The van der Waals surface area contributed by atoms with Gasteiger partial charge >= 0.3 is 5.97 Å². The molecule has 0 bridgehead atoms. The van der Waals surface area contributed by atoms with E-state index in [2.05, 4.69) is 21.2 Å². The van der Waals surface area contributed by atoms with Gasteiger partial charge in [0.1, 0.15) is 12.1 Å². The van der Waals surface area contributed by atoms with Crippen molar-refractivity contribution in [1.29, 1.82) is 0 Å². The summed E-state index contributed by atoms with van der Waals surface area (Å²) in [6, 6.07) is 7.83. The molecule has 1 aromatic carbocycles. The number of aliphatic carboxylic acids is 1. The number of rotatable bonds is 4. The minimum Gasteiger partial charge on any atom is -0.479 e. The summed E-state index contributed by atoms with van der Waals surface area (Å²) in [5, 5.41) is 13.3. The van der Waals surface area contributed by atoms with Crippen LogP contribution in [0, 0.1) is 6.92 Å². The molecule has 0 saturated carbocycles. The number of carbonyl (C=O) groups excluding carboxylic acids is 1. The Balaban J connectivity index is 1.86. The zero-order valence-corrected chi connectivity index (χ0v) is 15.0. The summed E-state index contributed by atoms with van der Waals surface area (Å²) in [5.74, 6) is -0.0513. The second kappa shape index (κ2) is 6.20. The number of hydrogen-bond donors (Lipinski definition) is 2. The fourth-order valence-electron chi connectivity index (χ4n) is 2.93. The van der Waals surface area contributed by atoms with Gasteiger partial charge in [0.25, 0.3) is 0 Å². The number of benzene rings is 1. The molecule has 23 heavy (non-hydrogen) atoms. The molecule has 0 aliphatic carbocycles. The highest BCUT2D eigenvalue weighted by Gasteiger charge is 2.43. The number of carbonyl (C=O) groups is 2. The van der Waals surface area contributed by atoms with Crippen LogP contribution in [0.5, 0.6) is 0 Å². The Hall–Kier alpha value is -1.47. The average molecular weight is 397 g/mol. The van der Waals surface area contributed by atoms with Gasteiger partial charge in [0, 0.05) is 26.8 Å². The summed E-state index contributed by atoms with van der Waals surface area (Å²) in [6.07, 6.45) is 0.466. The van der Waals surface area contributed by atoms with E-state index in [1.165, 1.54) is 0 Å². The summed E-state index contributed by atoms with van der Waals surface area (Å²) in [6.45, 7) is 2.05. The van der Waals surface area contributed by atoms with Crippen molar-refractivity contribution in [3.8, 4) is 0 Å². The van der Waals surface area contributed by atoms with E-state index in [-0.39, 0.29) is 12.5 Å². The maximum atomic E-state index is 12.5. The molecule has 1 aromatic heterocycles. The molecule has 0 radical (unpaired) electrons. The largest absolute Gasteiger partial charge is 0.479 e. The van der Waals surface area contributed by atoms with Crippen LogP contribution >= 0.6 is 27.7 Å². The predicted octanol–water partition coefficient (Wildman–Crippen LogP) is 2.79. The molecule has 1 saturated heterocycles. The molecular formula is C16H17BrN2O3S. The first kappa shape index (κ1) is 16.4. The first-order valence-corrected chi connectivity index (χ1v) is 9.25. The van der Waals surface area contributed by atoms with Crippen molar-refractivity contribution in [2.75, 3.05) is 11.5 Å². The van der Waals surface area contributed by atoms with Gasteiger partial charge < -0.3 is 15.0 Å². The monoisotopic (exact) mass is 396 g/mol. The lowest BCUT2D eigenvalue weighted by molar-refractivity contribution is -0.146. The minimum atomic E-state index is -1.13. The van der Waals surface area contributed by atoms with Crippen LogP contribution in [0.1, 0.15) is 12.1 Å². The van der Waals surface area contributed by atoms with Crippen LogP contribution in [0.25, 0.3) is 10.9 Å². The van der Waals surface area contributed by atoms with Crippen LogP contribution in [-0.4, -0.2) is 38.6 Å². The van der Waals surface area contributed by atoms with Crippen molar-refractivity contribution in [2.24, 2.45) is 0 Å². The molecule has 1 unspecified atom stereocenters. The Bertz CT molecular complexity index is 781. The normalized spacial score (nSPS) is 20.8. The van der Waals surface area contributed by atoms with Crippen LogP contribution in [-0.2, 0) is 16.1 Å². The van der Waals surface area contributed by atoms with E-state index in [1.54, 1.807) is 11.8 Å². The van der Waals surface area contributed by atoms with E-state index in [9.17, 15) is 14.7 Å². The van der Waals surface area contributed by atoms with Gasteiger partial charge in [-0.3, -0.25) is 4.79 Å². The average Bonchev–Trinajstić information content (AvgIpc) is 3.08. The Kier molecular flexibility index (Phi) is 4.42. The number of fused-ring (bicyclic) bond motifs is 1. The molecule has 0 spiro atoms. The Morgan fingerprint density at radius 3 is 2.83 bits per heavy atom. The summed E-state index contributed by atoms with van der Waals surface area (Å²) < 4.78 is 2.87. The van der Waals surface area contributed by atoms with Crippen molar-refractivity contribution in [3.05, 3.63) is 34.4 Å². The number of thioether (sulfide) groups is 1. The van der Waals surface area contributed by atoms with Gasteiger partial charge in [0.05, 0.1) is 0 Å². The van der Waals surface area contributed by atoms with Crippen LogP contribution in [0.4, 0.5) is 0 Å². The third-order valence-corrected chi connectivity index (χ3v) is 6.46. The van der Waals surface area contributed by atoms with Gasteiger partial charge in [-0.15, -0.1) is 0 Å². The highest BCUT2D eigenvalue weighted by atomic mass is 79.9. The number of hydrogen-bond acceptors (Lipinski definition) is 3. The fraction of sp³-hybridized carbons (Fsp3) is 0.375. The molecule has 2 heterocycles. The lowest BCUT2D eigenvalue weighted by Crippen LogP contribution is -2.55. The standard InChI is InChI=1S/C16H17BrN2O3S/c1-10-14(17)11-4-2-3-5-12(11)19(10)8-13(20)18-16(15(21)22)6-7-23-9-16/h2-5H,6-9H2,1H3,(H,18,20)(H,21,22). The first-order valence-electron chi connectivity index (χ1n) is 7.30. The number of nitrogens with zero attached hydrogens (tertiary/aromatic N) is 1. The number of amides is 1. The summed E-state index contributed by atoms with van der Waals surface area (Å²) in [7, 11) is 0. The molecule has 1 aliphatic rings. The van der Waals surface area contributed by atoms with E-state index < -0.39 is 11.5 Å². The second-order valence-corrected chi connectivity index (χ2v) is 7.64. The molecule has 122 valence electrons. The Morgan fingerprint density at radius 2 is 2.17 bits per heavy atom. The molecule has 1 amide bonds. The van der Waals surface area contributed by atoms with Crippen LogP contribution in [0.2, 0.25) is 0 Å². The molecule has 1 fully saturated rings. The maximum Gasteiger partial charge on any atom is 0.330 e. The third kappa shape index (κ3) is 2.87. The topological polar surface area (TPSA) is 71.3 Å². The minimum absolute atomic E-state index is 0.109. The summed E-state index contributed by atoms with van der Waals surface area (Å²) in [5.41, 5.74) is 0.777. The summed E-state index contributed by atoms with van der Waals surface area (Å²) >= 11 is 5.12. The second-order valence-electron chi connectivity index (χ2n) is 5.74. The van der Waals surface area contributed by atoms with Gasteiger partial charge in [-0.05, 0) is 41.1 Å². The Labute approximate surface area is 146 Å². The quantitative estimate of drug-likeness (QED) is 0.833. The fourth-order valence-corrected chi connectivity index (χ4v) is 4.80. The predicted molar refractivity (Wildman–Crippen MR) is 94.8 cm³/mol. The molecule has 7 heteroatoms. The SMILES string of the molecule is Cc1c(Br)c2ccccc2n1CC(=O)NC1(C(=O)O)CCSC1. The zero-order chi connectivity index (χ0) is 16.6. The molecule has 1 aliphatic heterocycles. The zero-order valence-electron chi connectivity index (χ0n) is 12.6. The first-order chi connectivity index (χ1) is 10.9. The van der Waals surface area contributed by atoms with E-state index in [0.717, 1.165) is 26.8 Å². The molecule has 3 rings (SSSR count). The van der Waals surface area contributed by atoms with Crippen LogP contribution < -0.4 is 5.32 Å². The van der Waals surface area contributed by atoms with Gasteiger partial charge in [0.2, 0.25) is 5.91 Å². The van der Waals surface area contributed by atoms with Crippen molar-refractivity contribution < 1.29 is 14.7 Å². The molecular weight excluding hydrogens is 380 g/mol. The number of carboxylic acid groups (broad SMARTS) is 1. The molecule has 2 aromatic rings. The summed E-state index contributed by atoms with van der Waals surface area (Å²) in [4.78, 5) is 24.0. The third-order valence-electron chi connectivity index (χ3n) is 4.27. The van der Waals surface area contributed by atoms with E-state index in [4.69, 9.17) is 0 Å². The van der Waals surface area contributed by atoms with Gasteiger partial charge in [-0.1, -0.05) is 18.2 Å². The van der Waals surface area contributed by atoms with Gasteiger partial charge in [0.15, 0.2) is 0 Å². The number of carboxylic acids is 1. The number of nitrogens with one attached hydrogen (secondary N) is 1. The van der Waals surface area contributed by atoms with Crippen molar-refractivity contribution in [1.82, 2.24) is 9.88 Å². The van der Waals surface area contributed by atoms with Crippen LogP contribution in [0.3, 0.4) is 0 Å². The number of halogens is 1. The van der Waals surface area contributed by atoms with Crippen LogP contribution in [0.15, 0.2) is 28.7 Å². The lowest BCUT2D eigenvalue weighted by Gasteiger charge is -2.25. The van der Waals surface area contributed by atoms with E-state index >= 15 is 0 Å². The van der Waals surface area contributed by atoms with Crippen molar-refractivity contribution in [2.45, 2.75) is 25.4 Å². The highest BCUT2D eigenvalue weighted by Crippen LogP contribution is 2.31. The molecule has 1 atom stereocenters. The molecule has 5 nitrogen and oxygen atoms in total. The Morgan fingerprint density at radius 1 is 1.43 bits per heavy atom. The number of para-hydroxylation sites is 1. The van der Waals surface area contributed by atoms with Crippen molar-refractivity contribution in [3.63, 3.8) is 0 Å². The van der Waals surface area contributed by atoms with Crippen molar-refractivity contribution >= 4 is 50.5 Å². The maximum absolute atomic E-state index is 12.5. The van der Waals surface area contributed by atoms with E-state index in [1.807, 2.05) is 35.8 Å². The smallest absolute Gasteiger partial charge is 0.330 e. The lowest BCUT2D eigenvalue weighted by atomic mass is 9.99. The number of aromatic nitrogens is 1. The van der Waals surface area contributed by atoms with Gasteiger partial charge in [-0.2, -0.15) is 11.8 Å². The van der Waals surface area contributed by atoms with Gasteiger partial charge in [-0.25, -0.2) is 4.79 Å². The highest BCUT2D eigenvalue weighted by molar-refractivity contribution is 9.10.